The van der Waals surface area contributed by atoms with Gasteiger partial charge in [0.1, 0.15) is 23.2 Å². The molecule has 0 bridgehead atoms. The van der Waals surface area contributed by atoms with Crippen LogP contribution in [-0.4, -0.2) is 49.1 Å². The number of carbonyl (C=O) groups excluding carboxylic acids is 1. The van der Waals surface area contributed by atoms with Gasteiger partial charge < -0.3 is 28.8 Å². The summed E-state index contributed by atoms with van der Waals surface area (Å²) in [5.41, 5.74) is 0.737. The summed E-state index contributed by atoms with van der Waals surface area (Å²) in [5.74, 6) is -0.911. The smallest absolute Gasteiger partial charge is 0.342 e. The fourth-order valence-corrected chi connectivity index (χ4v) is 3.98. The third-order valence-corrected chi connectivity index (χ3v) is 5.81. The highest BCUT2D eigenvalue weighted by atomic mass is 16.8. The highest BCUT2D eigenvalue weighted by Crippen LogP contribution is 2.36. The minimum absolute atomic E-state index is 0.0161. The number of hydrogen-bond acceptors (Lipinski definition) is 7. The maximum atomic E-state index is 13.1. The van der Waals surface area contributed by atoms with Crippen molar-refractivity contribution in [2.24, 2.45) is 11.8 Å². The minimum atomic E-state index is -0.672. The highest BCUT2D eigenvalue weighted by Gasteiger charge is 2.42. The summed E-state index contributed by atoms with van der Waals surface area (Å²) < 4.78 is 28.7. The largest absolute Gasteiger partial charge is 0.508 e. The summed E-state index contributed by atoms with van der Waals surface area (Å²) in [6.07, 6.45) is 7.81. The molecule has 5 atom stereocenters. The molecule has 1 aromatic carbocycles. The van der Waals surface area contributed by atoms with E-state index in [4.69, 9.17) is 23.7 Å². The molecular formula is C25H34O7. The van der Waals surface area contributed by atoms with E-state index in [-0.39, 0.29) is 54.0 Å². The molecule has 1 aromatic rings. The van der Waals surface area contributed by atoms with Gasteiger partial charge in [0.05, 0.1) is 12.2 Å². The summed E-state index contributed by atoms with van der Waals surface area (Å²) in [5, 5.41) is 10.2. The lowest BCUT2D eigenvalue weighted by atomic mass is 9.94. The minimum Gasteiger partial charge on any atom is -0.508 e. The maximum absolute atomic E-state index is 13.1. The molecule has 176 valence electrons. The van der Waals surface area contributed by atoms with Crippen LogP contribution < -0.4 is 4.74 Å². The average molecular weight is 447 g/mol. The van der Waals surface area contributed by atoms with E-state index in [0.29, 0.717) is 12.0 Å². The van der Waals surface area contributed by atoms with E-state index in [1.165, 1.54) is 19.2 Å². The first-order valence-electron chi connectivity index (χ1n) is 11.0. The van der Waals surface area contributed by atoms with Crippen molar-refractivity contribution >= 4 is 12.0 Å². The number of phenols is 1. The van der Waals surface area contributed by atoms with Gasteiger partial charge in [0, 0.05) is 25.0 Å². The Morgan fingerprint density at radius 2 is 1.84 bits per heavy atom. The maximum Gasteiger partial charge on any atom is 0.342 e. The van der Waals surface area contributed by atoms with Gasteiger partial charge >= 0.3 is 5.97 Å². The predicted octanol–water partition coefficient (Wildman–Crippen LogP) is 4.69. The lowest BCUT2D eigenvalue weighted by molar-refractivity contribution is -0.148. The Morgan fingerprint density at radius 3 is 2.56 bits per heavy atom. The van der Waals surface area contributed by atoms with Crippen molar-refractivity contribution in [1.29, 1.82) is 0 Å². The zero-order valence-electron chi connectivity index (χ0n) is 19.7. The van der Waals surface area contributed by atoms with Crippen LogP contribution in [0.25, 0.3) is 6.08 Å². The fourth-order valence-electron chi connectivity index (χ4n) is 3.98. The van der Waals surface area contributed by atoms with E-state index in [1.54, 1.807) is 6.08 Å². The van der Waals surface area contributed by atoms with Gasteiger partial charge in [-0.15, -0.1) is 0 Å². The number of carbonyl (C=O) groups is 1. The third-order valence-electron chi connectivity index (χ3n) is 5.81. The lowest BCUT2D eigenvalue weighted by Gasteiger charge is -2.23. The Balaban J connectivity index is 2.04. The van der Waals surface area contributed by atoms with Gasteiger partial charge in [-0.25, -0.2) is 4.79 Å². The molecule has 0 amide bonds. The molecule has 0 unspecified atom stereocenters. The molecule has 0 aliphatic carbocycles. The van der Waals surface area contributed by atoms with Gasteiger partial charge in [0.2, 0.25) is 0 Å². The Kier molecular flexibility index (Phi) is 7.64. The Bertz CT molecular complexity index is 873. The average Bonchev–Trinajstić information content (AvgIpc) is 3.03. The van der Waals surface area contributed by atoms with Crippen LogP contribution in [0.5, 0.6) is 11.5 Å². The van der Waals surface area contributed by atoms with E-state index < -0.39 is 11.8 Å². The fraction of sp³-hybridized carbons (Fsp3) is 0.560. The first kappa shape index (κ1) is 24.3. The third kappa shape index (κ3) is 5.71. The Labute approximate surface area is 189 Å². The molecule has 2 aliphatic heterocycles. The molecule has 1 N–H and O–H groups in total. The van der Waals surface area contributed by atoms with Gasteiger partial charge in [-0.05, 0) is 38.8 Å². The highest BCUT2D eigenvalue weighted by molar-refractivity contribution is 5.97. The monoisotopic (exact) mass is 446 g/mol. The molecule has 1 saturated heterocycles. The van der Waals surface area contributed by atoms with Crippen LogP contribution >= 0.6 is 0 Å². The summed E-state index contributed by atoms with van der Waals surface area (Å²) in [4.78, 5) is 13.1. The molecule has 7 nitrogen and oxygen atoms in total. The second-order valence-corrected chi connectivity index (χ2v) is 8.95. The van der Waals surface area contributed by atoms with Gasteiger partial charge in [-0.3, -0.25) is 0 Å². The number of fused-ring (bicyclic) bond motifs is 2. The van der Waals surface area contributed by atoms with Crippen LogP contribution in [0, 0.1) is 11.8 Å². The van der Waals surface area contributed by atoms with Gasteiger partial charge in [0.15, 0.2) is 12.6 Å². The zero-order valence-corrected chi connectivity index (χ0v) is 19.7. The SMILES string of the molecule is COCOc1cc(O)cc2c1C(=O)O[C@@H](C)[C@H](C)/C=C\[C@@H](C)[C@H]1OC(C)(C)O[C@H]1CC=C2. The quantitative estimate of drug-likeness (QED) is 0.410. The van der Waals surface area contributed by atoms with E-state index >= 15 is 0 Å². The molecule has 0 radical (unpaired) electrons. The number of hydrogen-bond donors (Lipinski definition) is 1. The van der Waals surface area contributed by atoms with Gasteiger partial charge in [0.25, 0.3) is 0 Å². The number of rotatable bonds is 3. The van der Waals surface area contributed by atoms with Crippen LogP contribution in [0.3, 0.4) is 0 Å². The molecule has 0 aromatic heterocycles. The van der Waals surface area contributed by atoms with Crippen LogP contribution in [0.1, 0.15) is 57.0 Å². The van der Waals surface area contributed by atoms with E-state index in [9.17, 15) is 9.90 Å². The van der Waals surface area contributed by atoms with Crippen molar-refractivity contribution < 1.29 is 33.6 Å². The van der Waals surface area contributed by atoms with Crippen LogP contribution in [0.2, 0.25) is 0 Å². The molecule has 0 spiro atoms. The first-order valence-corrected chi connectivity index (χ1v) is 11.0. The number of cyclic esters (lactones) is 1. The Morgan fingerprint density at radius 1 is 1.12 bits per heavy atom. The molecule has 32 heavy (non-hydrogen) atoms. The van der Waals surface area contributed by atoms with Crippen molar-refractivity contribution in [3.8, 4) is 11.5 Å². The van der Waals surface area contributed by atoms with Gasteiger partial charge in [-0.1, -0.05) is 38.2 Å². The molecule has 7 heteroatoms. The summed E-state index contributed by atoms with van der Waals surface area (Å²) >= 11 is 0. The van der Waals surface area contributed by atoms with Crippen LogP contribution in [-0.2, 0) is 18.9 Å². The first-order chi connectivity index (χ1) is 15.1. The standard InChI is InChI=1S/C25H34O7/c1-15-10-11-16(2)23-20(31-25(4,5)32-23)9-7-8-18-12-19(26)13-21(29-14-28-6)22(18)24(27)30-17(15)3/h7-8,10-13,15-17,20,23,26H,9,14H2,1-6H3/b8-7?,11-10-/t15-,16-,17+,20+,23-/m1/s1. The Hall–Kier alpha value is -2.35. The number of esters is 1. The van der Waals surface area contributed by atoms with Gasteiger partial charge in [-0.2, -0.15) is 0 Å². The zero-order chi connectivity index (χ0) is 23.5. The van der Waals surface area contributed by atoms with Crippen LogP contribution in [0.15, 0.2) is 30.4 Å². The number of benzene rings is 1. The molecular weight excluding hydrogens is 412 g/mol. The molecule has 0 saturated carbocycles. The van der Waals surface area contributed by atoms with E-state index in [2.05, 4.69) is 19.1 Å². The normalized spacial score (nSPS) is 31.2. The lowest BCUT2D eigenvalue weighted by Crippen LogP contribution is -2.29. The summed E-state index contributed by atoms with van der Waals surface area (Å²) in [7, 11) is 1.48. The second kappa shape index (κ2) is 10.1. The van der Waals surface area contributed by atoms with Crippen LogP contribution in [0.4, 0.5) is 0 Å². The van der Waals surface area contributed by atoms with E-state index in [0.717, 1.165) is 0 Å². The number of phenolic OH excluding ortho intramolecular Hbond substituents is 1. The van der Waals surface area contributed by atoms with Crippen molar-refractivity contribution in [2.75, 3.05) is 13.9 Å². The van der Waals surface area contributed by atoms with Crippen molar-refractivity contribution in [1.82, 2.24) is 0 Å². The summed E-state index contributed by atoms with van der Waals surface area (Å²) in [6, 6.07) is 2.90. The van der Waals surface area contributed by atoms with Crippen molar-refractivity contribution in [2.45, 2.75) is 65.1 Å². The van der Waals surface area contributed by atoms with Crippen molar-refractivity contribution in [3.05, 3.63) is 41.5 Å². The molecule has 2 aliphatic rings. The predicted molar refractivity (Wildman–Crippen MR) is 120 cm³/mol. The molecule has 3 rings (SSSR count). The molecule has 1 fully saturated rings. The summed E-state index contributed by atoms with van der Waals surface area (Å²) in [6.45, 7) is 9.72. The van der Waals surface area contributed by atoms with E-state index in [1.807, 2.05) is 33.8 Å². The topological polar surface area (TPSA) is 83.5 Å². The van der Waals surface area contributed by atoms with Crippen molar-refractivity contribution in [3.63, 3.8) is 0 Å². The number of methoxy groups -OCH3 is 1. The number of aromatic hydroxyl groups is 1. The molecule has 2 heterocycles. The second-order valence-electron chi connectivity index (χ2n) is 8.95. The number of ether oxygens (including phenoxy) is 5.